The quantitative estimate of drug-likeness (QED) is 0.392. The Kier molecular flexibility index (Phi) is 3.19. The standard InChI is InChI=1S/C9H9B2NO4/c10-7(9(11,12)8(15)16)4-1-2-5(13)6(14)3-4/h1-3,7,13-14H,12H2,(H,15,16)/t7-,9+/m1/s1. The highest BCUT2D eigenvalue weighted by molar-refractivity contribution is 6.33. The zero-order valence-electron chi connectivity index (χ0n) is 8.29. The topological polar surface area (TPSA) is 104 Å². The molecule has 0 amide bonds. The lowest BCUT2D eigenvalue weighted by Gasteiger charge is -2.28. The first-order valence-corrected chi connectivity index (χ1v) is 4.35. The number of hydrogen-bond acceptors (Lipinski definition) is 4. The molecule has 5 N–H and O–H groups in total. The maximum atomic E-state index is 10.7. The number of phenolic OH excluding ortho intramolecular Hbond substituents is 2. The Labute approximate surface area is 94.7 Å². The highest BCUT2D eigenvalue weighted by Crippen LogP contribution is 2.30. The zero-order chi connectivity index (χ0) is 12.5. The van der Waals surface area contributed by atoms with E-state index in [1.165, 1.54) is 12.1 Å². The molecule has 16 heavy (non-hydrogen) atoms. The van der Waals surface area contributed by atoms with Crippen LogP contribution in [0.4, 0.5) is 0 Å². The van der Waals surface area contributed by atoms with Crippen LogP contribution < -0.4 is 5.73 Å². The minimum Gasteiger partial charge on any atom is -0.504 e. The number of carbonyl (C=O) groups is 1. The van der Waals surface area contributed by atoms with E-state index in [4.69, 9.17) is 31.6 Å². The molecule has 1 aromatic carbocycles. The molecule has 0 aliphatic heterocycles. The van der Waals surface area contributed by atoms with Gasteiger partial charge in [-0.3, -0.25) is 4.79 Å². The van der Waals surface area contributed by atoms with Crippen molar-refractivity contribution in [1.82, 2.24) is 0 Å². The van der Waals surface area contributed by atoms with Crippen molar-refractivity contribution in [3.63, 3.8) is 0 Å². The molecule has 0 spiro atoms. The molecule has 0 fully saturated rings. The molecule has 1 rings (SSSR count). The SMILES string of the molecule is [B][C@H](c1ccc(O)c(O)c1)[C@]([B])(N)C(=O)O. The summed E-state index contributed by atoms with van der Waals surface area (Å²) in [5, 5.41) is 27.0. The lowest BCUT2D eigenvalue weighted by atomic mass is 9.58. The second-order valence-electron chi connectivity index (χ2n) is 3.46. The van der Waals surface area contributed by atoms with Crippen molar-refractivity contribution in [2.24, 2.45) is 5.73 Å². The van der Waals surface area contributed by atoms with Crippen molar-refractivity contribution in [3.8, 4) is 11.5 Å². The van der Waals surface area contributed by atoms with Crippen LogP contribution in [0, 0.1) is 0 Å². The Hall–Kier alpha value is -1.62. The van der Waals surface area contributed by atoms with Crippen LogP contribution in [0.5, 0.6) is 11.5 Å². The summed E-state index contributed by atoms with van der Waals surface area (Å²) in [7, 11) is 10.9. The van der Waals surface area contributed by atoms with Crippen molar-refractivity contribution in [3.05, 3.63) is 23.8 Å². The Morgan fingerprint density at radius 1 is 1.38 bits per heavy atom. The molecule has 0 unspecified atom stereocenters. The van der Waals surface area contributed by atoms with E-state index in [2.05, 4.69) is 0 Å². The molecule has 5 nitrogen and oxygen atoms in total. The number of aliphatic carboxylic acids is 1. The molecule has 0 aromatic heterocycles. The number of phenols is 2. The monoisotopic (exact) mass is 217 g/mol. The molecule has 80 valence electrons. The highest BCUT2D eigenvalue weighted by Gasteiger charge is 2.34. The smallest absolute Gasteiger partial charge is 0.313 e. The van der Waals surface area contributed by atoms with Gasteiger partial charge in [0, 0.05) is 0 Å². The van der Waals surface area contributed by atoms with Gasteiger partial charge in [-0.15, -0.1) is 0 Å². The van der Waals surface area contributed by atoms with E-state index in [1.54, 1.807) is 0 Å². The van der Waals surface area contributed by atoms with Crippen LogP contribution in [0.3, 0.4) is 0 Å². The zero-order valence-corrected chi connectivity index (χ0v) is 8.29. The Balaban J connectivity index is 3.10. The number of carboxylic acid groups (broad SMARTS) is 1. The van der Waals surface area contributed by atoms with Gasteiger partial charge in [-0.2, -0.15) is 0 Å². The van der Waals surface area contributed by atoms with Crippen LogP contribution >= 0.6 is 0 Å². The van der Waals surface area contributed by atoms with E-state index in [0.717, 1.165) is 6.07 Å². The van der Waals surface area contributed by atoms with E-state index < -0.39 is 23.0 Å². The van der Waals surface area contributed by atoms with Gasteiger partial charge in [0.25, 0.3) is 0 Å². The van der Waals surface area contributed by atoms with E-state index >= 15 is 0 Å². The number of hydrogen-bond donors (Lipinski definition) is 4. The second kappa shape index (κ2) is 4.09. The van der Waals surface area contributed by atoms with Gasteiger partial charge in [0.1, 0.15) is 7.85 Å². The summed E-state index contributed by atoms with van der Waals surface area (Å²) in [5.41, 5.74) is 3.39. The summed E-state index contributed by atoms with van der Waals surface area (Å²) in [4.78, 5) is 10.7. The van der Waals surface area contributed by atoms with Crippen molar-refractivity contribution in [1.29, 1.82) is 0 Å². The molecular formula is C9H9B2NO4. The largest absolute Gasteiger partial charge is 0.504 e. The number of rotatable bonds is 3. The molecule has 7 heteroatoms. The molecule has 0 aliphatic rings. The predicted molar refractivity (Wildman–Crippen MR) is 58.6 cm³/mol. The van der Waals surface area contributed by atoms with Crippen LogP contribution in [-0.2, 0) is 4.79 Å². The van der Waals surface area contributed by atoms with Gasteiger partial charge < -0.3 is 21.1 Å². The molecule has 0 heterocycles. The Bertz CT molecular complexity index is 422. The normalized spacial score (nSPS) is 16.3. The molecule has 0 saturated carbocycles. The first-order valence-electron chi connectivity index (χ1n) is 4.35. The van der Waals surface area contributed by atoms with Gasteiger partial charge in [-0.1, -0.05) is 6.07 Å². The lowest BCUT2D eigenvalue weighted by molar-refractivity contribution is -0.140. The second-order valence-corrected chi connectivity index (χ2v) is 3.46. The van der Waals surface area contributed by atoms with Crippen LogP contribution in [0.2, 0.25) is 0 Å². The summed E-state index contributed by atoms with van der Waals surface area (Å²) < 4.78 is 0. The van der Waals surface area contributed by atoms with Crippen LogP contribution in [-0.4, -0.2) is 42.4 Å². The van der Waals surface area contributed by atoms with Crippen LogP contribution in [0.15, 0.2) is 18.2 Å². The number of nitrogens with two attached hydrogens (primary N) is 1. The maximum absolute atomic E-state index is 10.7. The Morgan fingerprint density at radius 3 is 2.38 bits per heavy atom. The first kappa shape index (κ1) is 12.4. The Morgan fingerprint density at radius 2 is 1.94 bits per heavy atom. The number of benzene rings is 1. The summed E-state index contributed by atoms with van der Waals surface area (Å²) in [6.07, 6.45) is 0. The maximum Gasteiger partial charge on any atom is 0.313 e. The van der Waals surface area contributed by atoms with Gasteiger partial charge in [-0.05, 0) is 23.5 Å². The van der Waals surface area contributed by atoms with E-state index in [9.17, 15) is 9.90 Å². The van der Waals surface area contributed by atoms with Crippen LogP contribution in [0.1, 0.15) is 11.4 Å². The first-order chi connectivity index (χ1) is 7.26. The number of aromatic hydroxyl groups is 2. The van der Waals surface area contributed by atoms with Crippen molar-refractivity contribution >= 4 is 21.7 Å². The van der Waals surface area contributed by atoms with Gasteiger partial charge in [0.05, 0.1) is 13.3 Å². The average Bonchev–Trinajstić information content (AvgIpc) is 2.20. The van der Waals surface area contributed by atoms with Crippen molar-refractivity contribution in [2.75, 3.05) is 0 Å². The van der Waals surface area contributed by atoms with E-state index in [0.29, 0.717) is 0 Å². The fraction of sp³-hybridized carbons (Fsp3) is 0.222. The third kappa shape index (κ3) is 2.14. The highest BCUT2D eigenvalue weighted by atomic mass is 16.4. The van der Waals surface area contributed by atoms with Gasteiger partial charge >= 0.3 is 5.97 Å². The minimum atomic E-state index is -2.15. The summed E-state index contributed by atoms with van der Waals surface area (Å²) in [6.45, 7) is 0. The van der Waals surface area contributed by atoms with Crippen molar-refractivity contribution < 1.29 is 20.1 Å². The van der Waals surface area contributed by atoms with Crippen LogP contribution in [0.25, 0.3) is 0 Å². The van der Waals surface area contributed by atoms with Gasteiger partial charge in [0.2, 0.25) is 0 Å². The van der Waals surface area contributed by atoms with Crippen molar-refractivity contribution in [2.45, 2.75) is 11.3 Å². The molecule has 0 saturated heterocycles. The molecular weight excluding hydrogens is 208 g/mol. The minimum absolute atomic E-state index is 0.211. The predicted octanol–water partition coefficient (Wildman–Crippen LogP) is -0.785. The molecule has 2 atom stereocenters. The lowest BCUT2D eigenvalue weighted by Crippen LogP contribution is -2.53. The van der Waals surface area contributed by atoms with E-state index in [-0.39, 0.29) is 11.3 Å². The molecule has 0 bridgehead atoms. The average molecular weight is 217 g/mol. The molecule has 4 radical (unpaired) electrons. The summed E-state index contributed by atoms with van der Waals surface area (Å²) in [5.74, 6) is -3.44. The fourth-order valence-electron chi connectivity index (χ4n) is 1.14. The van der Waals surface area contributed by atoms with E-state index in [1.807, 2.05) is 0 Å². The molecule has 0 aliphatic carbocycles. The molecule has 1 aromatic rings. The number of carboxylic acids is 1. The fourth-order valence-corrected chi connectivity index (χ4v) is 1.14. The third-order valence-electron chi connectivity index (χ3n) is 2.24. The summed E-state index contributed by atoms with van der Waals surface area (Å²) in [6, 6.07) is 3.61. The van der Waals surface area contributed by atoms with Gasteiger partial charge in [-0.25, -0.2) is 0 Å². The third-order valence-corrected chi connectivity index (χ3v) is 2.24. The van der Waals surface area contributed by atoms with Gasteiger partial charge in [0.15, 0.2) is 11.5 Å². The summed E-state index contributed by atoms with van der Waals surface area (Å²) >= 11 is 0.